The van der Waals surface area contributed by atoms with Crippen LogP contribution >= 0.6 is 22.6 Å². The highest BCUT2D eigenvalue weighted by molar-refractivity contribution is 14.1. The fraction of sp³-hybridized carbons (Fsp3) is 0.750. The van der Waals surface area contributed by atoms with Crippen LogP contribution in [0.25, 0.3) is 0 Å². The molecule has 0 saturated carbocycles. The number of rotatable bonds is 8. The molecule has 0 saturated heterocycles. The summed E-state index contributed by atoms with van der Waals surface area (Å²) in [5.41, 5.74) is 3.79. The average Bonchev–Trinajstić information content (AvgIpc) is 2.85. The van der Waals surface area contributed by atoms with Crippen molar-refractivity contribution in [2.45, 2.75) is 84.9 Å². The number of halogens is 1. The zero-order valence-corrected chi connectivity index (χ0v) is 19.8. The molecule has 0 heterocycles. The molecular formula is C20H34INOSi. The van der Waals surface area contributed by atoms with Crippen LogP contribution in [0.1, 0.15) is 68.2 Å². The molecule has 0 amide bonds. The van der Waals surface area contributed by atoms with Crippen molar-refractivity contribution in [2.75, 3.05) is 4.43 Å². The molecule has 1 aliphatic rings. The highest BCUT2D eigenvalue weighted by Gasteiger charge is 2.48. The van der Waals surface area contributed by atoms with Gasteiger partial charge in [-0.25, -0.2) is 0 Å². The number of nitrogens with zero attached hydrogens (tertiary/aromatic N) is 1. The number of nitriles is 1. The van der Waals surface area contributed by atoms with Gasteiger partial charge in [0.15, 0.2) is 0 Å². The number of hydrogen-bond acceptors (Lipinski definition) is 2. The summed E-state index contributed by atoms with van der Waals surface area (Å²) in [4.78, 5) is 0. The van der Waals surface area contributed by atoms with Crippen molar-refractivity contribution < 1.29 is 4.43 Å². The summed E-state index contributed by atoms with van der Waals surface area (Å²) in [5, 5.41) is 9.74. The first-order chi connectivity index (χ1) is 11.1. The minimum Gasteiger partial charge on any atom is -0.543 e. The molecule has 2 nitrogen and oxygen atoms in total. The van der Waals surface area contributed by atoms with E-state index in [4.69, 9.17) is 4.43 Å². The Morgan fingerprint density at radius 3 is 2.08 bits per heavy atom. The normalized spacial score (nSPS) is 18.2. The van der Waals surface area contributed by atoms with E-state index in [9.17, 15) is 5.26 Å². The molecule has 136 valence electrons. The van der Waals surface area contributed by atoms with Crippen LogP contribution in [0.2, 0.25) is 16.6 Å². The van der Waals surface area contributed by atoms with Gasteiger partial charge in [0.2, 0.25) is 0 Å². The van der Waals surface area contributed by atoms with E-state index in [1.54, 1.807) is 0 Å². The Morgan fingerprint density at radius 2 is 1.71 bits per heavy atom. The monoisotopic (exact) mass is 459 g/mol. The van der Waals surface area contributed by atoms with E-state index in [2.05, 4.69) is 90.1 Å². The molecule has 0 aromatic carbocycles. The zero-order valence-electron chi connectivity index (χ0n) is 16.7. The van der Waals surface area contributed by atoms with Crippen LogP contribution in [-0.4, -0.2) is 12.7 Å². The first-order valence-electron chi connectivity index (χ1n) is 9.13. The second-order valence-electron chi connectivity index (χ2n) is 8.18. The van der Waals surface area contributed by atoms with E-state index in [0.717, 1.165) is 23.0 Å². The van der Waals surface area contributed by atoms with Crippen LogP contribution in [0.5, 0.6) is 0 Å². The van der Waals surface area contributed by atoms with Crippen molar-refractivity contribution in [3.8, 4) is 6.07 Å². The number of alkyl halides is 1. The highest BCUT2D eigenvalue weighted by atomic mass is 127. The van der Waals surface area contributed by atoms with Gasteiger partial charge in [-0.2, -0.15) is 5.26 Å². The molecule has 4 heteroatoms. The SMILES string of the molecule is CC1=C(C(C)(C#N)CCI)CC=C1O[Si](C(C)C)(C(C)C)C(C)C. The predicted molar refractivity (Wildman–Crippen MR) is 115 cm³/mol. The Labute approximate surface area is 164 Å². The number of hydrogen-bond donors (Lipinski definition) is 0. The number of allylic oxidation sites excluding steroid dienone is 3. The third kappa shape index (κ3) is 3.93. The Morgan fingerprint density at radius 1 is 1.21 bits per heavy atom. The van der Waals surface area contributed by atoms with Crippen molar-refractivity contribution in [1.82, 2.24) is 0 Å². The molecule has 1 rings (SSSR count). The first-order valence-corrected chi connectivity index (χ1v) is 12.8. The average molecular weight is 459 g/mol. The molecule has 0 bridgehead atoms. The van der Waals surface area contributed by atoms with Gasteiger partial charge in [0.1, 0.15) is 5.76 Å². The van der Waals surface area contributed by atoms with E-state index in [-0.39, 0.29) is 5.41 Å². The summed E-state index contributed by atoms with van der Waals surface area (Å²) >= 11 is 2.37. The fourth-order valence-electron chi connectivity index (χ4n) is 4.41. The maximum absolute atomic E-state index is 9.74. The zero-order chi connectivity index (χ0) is 18.7. The Balaban J connectivity index is 3.23. The minimum atomic E-state index is -1.94. The largest absolute Gasteiger partial charge is 0.543 e. The van der Waals surface area contributed by atoms with Gasteiger partial charge >= 0.3 is 0 Å². The molecule has 1 aliphatic carbocycles. The van der Waals surface area contributed by atoms with Gasteiger partial charge in [0.05, 0.1) is 11.5 Å². The van der Waals surface area contributed by atoms with Gasteiger partial charge in [-0.1, -0.05) is 64.1 Å². The third-order valence-corrected chi connectivity index (χ3v) is 12.3. The fourth-order valence-corrected chi connectivity index (χ4v) is 10.8. The second-order valence-corrected chi connectivity index (χ2v) is 14.6. The van der Waals surface area contributed by atoms with Gasteiger partial charge in [-0.3, -0.25) is 0 Å². The van der Waals surface area contributed by atoms with E-state index in [1.165, 1.54) is 11.1 Å². The smallest absolute Gasteiger partial charge is 0.258 e. The van der Waals surface area contributed by atoms with Gasteiger partial charge in [-0.15, -0.1) is 0 Å². The van der Waals surface area contributed by atoms with Gasteiger partial charge in [0.25, 0.3) is 8.32 Å². The first kappa shape index (κ1) is 21.8. The van der Waals surface area contributed by atoms with Crippen LogP contribution in [0.4, 0.5) is 0 Å². The maximum atomic E-state index is 9.74. The van der Waals surface area contributed by atoms with Crippen LogP contribution < -0.4 is 0 Å². The summed E-state index contributed by atoms with van der Waals surface area (Å²) < 4.78 is 7.87. The van der Waals surface area contributed by atoms with Crippen LogP contribution in [-0.2, 0) is 4.43 Å². The maximum Gasteiger partial charge on any atom is 0.258 e. The summed E-state index contributed by atoms with van der Waals surface area (Å²) in [6.07, 6.45) is 3.99. The van der Waals surface area contributed by atoms with Gasteiger partial charge < -0.3 is 4.43 Å². The molecule has 1 atom stereocenters. The quantitative estimate of drug-likeness (QED) is 0.220. The van der Waals surface area contributed by atoms with Crippen molar-refractivity contribution >= 4 is 30.9 Å². The lowest BCUT2D eigenvalue weighted by molar-refractivity contribution is 0.380. The highest BCUT2D eigenvalue weighted by Crippen LogP contribution is 2.47. The topological polar surface area (TPSA) is 33.0 Å². The van der Waals surface area contributed by atoms with Crippen molar-refractivity contribution in [2.24, 2.45) is 5.41 Å². The summed E-state index contributed by atoms with van der Waals surface area (Å²) in [7, 11) is -1.94. The third-order valence-electron chi connectivity index (χ3n) is 5.81. The van der Waals surface area contributed by atoms with Crippen molar-refractivity contribution in [3.63, 3.8) is 0 Å². The summed E-state index contributed by atoms with van der Waals surface area (Å²) in [6.45, 7) is 18.1. The Hall–Kier alpha value is -0.283. The summed E-state index contributed by atoms with van der Waals surface area (Å²) in [5.74, 6) is 1.06. The molecular weight excluding hydrogens is 425 g/mol. The van der Waals surface area contributed by atoms with E-state index < -0.39 is 8.32 Å². The lowest BCUT2D eigenvalue weighted by atomic mass is 9.79. The Bertz CT molecular complexity index is 535. The molecule has 0 aromatic heterocycles. The van der Waals surface area contributed by atoms with Gasteiger partial charge in [0, 0.05) is 4.43 Å². The van der Waals surface area contributed by atoms with Crippen LogP contribution in [0, 0.1) is 16.7 Å². The molecule has 0 N–H and O–H groups in total. The van der Waals surface area contributed by atoms with Gasteiger partial charge in [-0.05, 0) is 60.5 Å². The lowest BCUT2D eigenvalue weighted by Crippen LogP contribution is -2.47. The van der Waals surface area contributed by atoms with E-state index in [1.807, 2.05) is 0 Å². The Kier molecular flexibility index (Phi) is 7.61. The van der Waals surface area contributed by atoms with Crippen molar-refractivity contribution in [3.05, 3.63) is 23.0 Å². The molecule has 24 heavy (non-hydrogen) atoms. The van der Waals surface area contributed by atoms with Crippen LogP contribution in [0.3, 0.4) is 0 Å². The van der Waals surface area contributed by atoms with E-state index >= 15 is 0 Å². The van der Waals surface area contributed by atoms with Crippen LogP contribution in [0.15, 0.2) is 23.0 Å². The second kappa shape index (κ2) is 8.40. The molecule has 0 fully saturated rings. The molecule has 1 unspecified atom stereocenters. The predicted octanol–water partition coefficient (Wildman–Crippen LogP) is 7.14. The summed E-state index contributed by atoms with van der Waals surface area (Å²) in [6, 6.07) is 2.56. The molecule has 0 aromatic rings. The van der Waals surface area contributed by atoms with E-state index in [0.29, 0.717) is 16.6 Å². The standard InChI is InChI=1S/C20H34INOSi/c1-14(2)24(15(3)4,16(5)6)23-19-10-9-18(17(19)7)20(8,13-22)11-12-21/h10,14-16H,9,11-12H2,1-8H3. The molecule has 0 aliphatic heterocycles. The lowest BCUT2D eigenvalue weighted by Gasteiger charge is -2.43. The molecule has 0 spiro atoms. The van der Waals surface area contributed by atoms with Crippen molar-refractivity contribution in [1.29, 1.82) is 5.26 Å². The molecule has 0 radical (unpaired) electrons. The minimum absolute atomic E-state index is 0.370.